The van der Waals surface area contributed by atoms with E-state index in [0.717, 1.165) is 22.7 Å². The summed E-state index contributed by atoms with van der Waals surface area (Å²) in [4.78, 5) is 29.4. The minimum Gasteiger partial charge on any atom is -0.467 e. The second kappa shape index (κ2) is 7.99. The van der Waals surface area contributed by atoms with Crippen molar-refractivity contribution in [2.24, 2.45) is 0 Å². The molecule has 2 amide bonds. The van der Waals surface area contributed by atoms with Crippen LogP contribution in [0.5, 0.6) is 0 Å². The van der Waals surface area contributed by atoms with Gasteiger partial charge >= 0.3 is 0 Å². The van der Waals surface area contributed by atoms with Crippen LogP contribution < -0.4 is 0 Å². The van der Waals surface area contributed by atoms with Gasteiger partial charge in [0.15, 0.2) is 0 Å². The first-order valence-electron chi connectivity index (χ1n) is 9.87. The van der Waals surface area contributed by atoms with Crippen molar-refractivity contribution in [3.8, 4) is 0 Å². The van der Waals surface area contributed by atoms with Gasteiger partial charge in [-0.25, -0.2) is 0 Å². The molecule has 0 N–H and O–H groups in total. The number of piperazine rings is 1. The predicted molar refractivity (Wildman–Crippen MR) is 110 cm³/mol. The Balaban J connectivity index is 1.43. The minimum absolute atomic E-state index is 0.0225. The molecule has 1 fully saturated rings. The fourth-order valence-electron chi connectivity index (χ4n) is 3.87. The topological polar surface area (TPSA) is 58.7 Å². The van der Waals surface area contributed by atoms with Crippen LogP contribution in [0.3, 0.4) is 0 Å². The van der Waals surface area contributed by atoms with Crippen molar-refractivity contribution >= 4 is 11.8 Å². The van der Waals surface area contributed by atoms with E-state index in [1.165, 1.54) is 0 Å². The lowest BCUT2D eigenvalue weighted by Gasteiger charge is -2.34. The van der Waals surface area contributed by atoms with Crippen LogP contribution in [0.25, 0.3) is 0 Å². The monoisotopic (exact) mass is 391 g/mol. The summed E-state index contributed by atoms with van der Waals surface area (Å²) < 4.78 is 7.55. The number of furan rings is 1. The van der Waals surface area contributed by atoms with E-state index in [-0.39, 0.29) is 11.8 Å². The smallest absolute Gasteiger partial charge is 0.255 e. The van der Waals surface area contributed by atoms with Gasteiger partial charge in [0.1, 0.15) is 5.76 Å². The normalized spacial score (nSPS) is 14.3. The molecule has 6 heteroatoms. The molecule has 1 saturated heterocycles. The number of benzene rings is 1. The summed E-state index contributed by atoms with van der Waals surface area (Å²) in [5, 5.41) is 0. The molecule has 6 nitrogen and oxygen atoms in total. The van der Waals surface area contributed by atoms with Crippen LogP contribution >= 0.6 is 0 Å². The van der Waals surface area contributed by atoms with E-state index < -0.39 is 0 Å². The molecule has 2 aromatic heterocycles. The Hall–Kier alpha value is -3.28. The maximum absolute atomic E-state index is 13.1. The van der Waals surface area contributed by atoms with Crippen molar-refractivity contribution in [3.05, 3.63) is 83.1 Å². The highest BCUT2D eigenvalue weighted by atomic mass is 16.3. The second-order valence-electron chi connectivity index (χ2n) is 7.40. The van der Waals surface area contributed by atoms with E-state index in [1.54, 1.807) is 6.26 Å². The molecule has 150 valence electrons. The summed E-state index contributed by atoms with van der Waals surface area (Å²) in [5.74, 6) is 0.906. The SMILES string of the molecule is Cc1cc(C(=O)N2CCN(C(=O)c3ccccc3)CC2)c(C)n1Cc1ccco1. The molecule has 0 atom stereocenters. The van der Waals surface area contributed by atoms with E-state index in [1.807, 2.05) is 72.2 Å². The van der Waals surface area contributed by atoms with E-state index in [9.17, 15) is 9.59 Å². The van der Waals surface area contributed by atoms with Crippen LogP contribution in [-0.2, 0) is 6.54 Å². The number of carbonyl (C=O) groups excluding carboxylic acids is 2. The van der Waals surface area contributed by atoms with E-state index >= 15 is 0 Å². The minimum atomic E-state index is 0.0225. The fourth-order valence-corrected chi connectivity index (χ4v) is 3.87. The summed E-state index contributed by atoms with van der Waals surface area (Å²) >= 11 is 0. The standard InChI is InChI=1S/C23H25N3O3/c1-17-15-21(18(2)26(17)16-20-9-6-14-29-20)23(28)25-12-10-24(11-13-25)22(27)19-7-4-3-5-8-19/h3-9,14-15H,10-13,16H2,1-2H3. The molecule has 3 aromatic rings. The van der Waals surface area contributed by atoms with Crippen LogP contribution in [0.4, 0.5) is 0 Å². The lowest BCUT2D eigenvalue weighted by atomic mass is 10.1. The molecule has 1 aliphatic heterocycles. The van der Waals surface area contributed by atoms with Gasteiger partial charge in [0.05, 0.1) is 18.4 Å². The molecule has 4 rings (SSSR count). The zero-order valence-corrected chi connectivity index (χ0v) is 16.8. The summed E-state index contributed by atoms with van der Waals surface area (Å²) in [6, 6.07) is 15.0. The Labute approximate surface area is 170 Å². The second-order valence-corrected chi connectivity index (χ2v) is 7.40. The average Bonchev–Trinajstić information content (AvgIpc) is 3.37. The highest BCUT2D eigenvalue weighted by molar-refractivity contribution is 5.97. The first kappa shape index (κ1) is 19.1. The molecule has 29 heavy (non-hydrogen) atoms. The van der Waals surface area contributed by atoms with Crippen molar-refractivity contribution in [2.75, 3.05) is 26.2 Å². The van der Waals surface area contributed by atoms with Gasteiger partial charge in [-0.15, -0.1) is 0 Å². The fraction of sp³-hybridized carbons (Fsp3) is 0.304. The number of hydrogen-bond acceptors (Lipinski definition) is 3. The van der Waals surface area contributed by atoms with Crippen LogP contribution in [0.2, 0.25) is 0 Å². The van der Waals surface area contributed by atoms with E-state index in [2.05, 4.69) is 4.57 Å². The van der Waals surface area contributed by atoms with Crippen LogP contribution in [0, 0.1) is 13.8 Å². The summed E-state index contributed by atoms with van der Waals surface area (Å²) in [6.45, 7) is 6.76. The lowest BCUT2D eigenvalue weighted by molar-refractivity contribution is 0.0535. The highest BCUT2D eigenvalue weighted by Gasteiger charge is 2.27. The van der Waals surface area contributed by atoms with Crippen molar-refractivity contribution in [2.45, 2.75) is 20.4 Å². The van der Waals surface area contributed by atoms with Gasteiger partial charge < -0.3 is 18.8 Å². The average molecular weight is 391 g/mol. The molecule has 0 saturated carbocycles. The molecule has 0 aliphatic carbocycles. The third-order valence-corrected chi connectivity index (χ3v) is 5.57. The van der Waals surface area contributed by atoms with Crippen LogP contribution in [0.15, 0.2) is 59.2 Å². The van der Waals surface area contributed by atoms with Crippen LogP contribution in [0.1, 0.15) is 37.9 Å². The molecular formula is C23H25N3O3. The maximum Gasteiger partial charge on any atom is 0.255 e. The zero-order valence-electron chi connectivity index (χ0n) is 16.8. The number of rotatable bonds is 4. The third-order valence-electron chi connectivity index (χ3n) is 5.57. The van der Waals surface area contributed by atoms with Gasteiger partial charge in [-0.05, 0) is 44.2 Å². The predicted octanol–water partition coefficient (Wildman–Crippen LogP) is 3.34. The lowest BCUT2D eigenvalue weighted by Crippen LogP contribution is -2.50. The number of hydrogen-bond donors (Lipinski definition) is 0. The number of amides is 2. The molecular weight excluding hydrogens is 366 g/mol. The van der Waals surface area contributed by atoms with E-state index in [0.29, 0.717) is 38.3 Å². The quantitative estimate of drug-likeness (QED) is 0.685. The van der Waals surface area contributed by atoms with Gasteiger partial charge in [-0.1, -0.05) is 18.2 Å². The van der Waals surface area contributed by atoms with Crippen molar-refractivity contribution < 1.29 is 14.0 Å². The Morgan fingerprint density at radius 3 is 2.17 bits per heavy atom. The number of nitrogens with zero attached hydrogens (tertiary/aromatic N) is 3. The molecule has 0 spiro atoms. The third kappa shape index (κ3) is 3.83. The Morgan fingerprint density at radius 2 is 1.55 bits per heavy atom. The zero-order chi connectivity index (χ0) is 20.4. The molecule has 3 heterocycles. The van der Waals surface area contributed by atoms with Gasteiger partial charge in [-0.3, -0.25) is 9.59 Å². The summed E-state index contributed by atoms with van der Waals surface area (Å²) in [6.07, 6.45) is 1.66. The Morgan fingerprint density at radius 1 is 0.897 bits per heavy atom. The van der Waals surface area contributed by atoms with Crippen LogP contribution in [-0.4, -0.2) is 52.4 Å². The summed E-state index contributed by atoms with van der Waals surface area (Å²) in [5.41, 5.74) is 3.37. The Bertz CT molecular complexity index is 998. The number of carbonyl (C=O) groups is 2. The van der Waals surface area contributed by atoms with Crippen molar-refractivity contribution in [1.82, 2.24) is 14.4 Å². The van der Waals surface area contributed by atoms with Gasteiger partial charge in [0.2, 0.25) is 0 Å². The number of aromatic nitrogens is 1. The van der Waals surface area contributed by atoms with Crippen molar-refractivity contribution in [1.29, 1.82) is 0 Å². The van der Waals surface area contributed by atoms with Gasteiger partial charge in [-0.2, -0.15) is 0 Å². The molecule has 0 radical (unpaired) electrons. The van der Waals surface area contributed by atoms with Gasteiger partial charge in [0.25, 0.3) is 11.8 Å². The van der Waals surface area contributed by atoms with Gasteiger partial charge in [0, 0.05) is 43.1 Å². The molecule has 1 aliphatic rings. The largest absolute Gasteiger partial charge is 0.467 e. The molecule has 0 bridgehead atoms. The highest BCUT2D eigenvalue weighted by Crippen LogP contribution is 2.20. The molecule has 0 unspecified atom stereocenters. The Kier molecular flexibility index (Phi) is 5.25. The first-order valence-corrected chi connectivity index (χ1v) is 9.87. The maximum atomic E-state index is 13.1. The van der Waals surface area contributed by atoms with E-state index in [4.69, 9.17) is 4.42 Å². The van der Waals surface area contributed by atoms with Crippen molar-refractivity contribution in [3.63, 3.8) is 0 Å². The number of aryl methyl sites for hydroxylation is 1. The summed E-state index contributed by atoms with van der Waals surface area (Å²) in [7, 11) is 0. The first-order chi connectivity index (χ1) is 14.0. The molecule has 1 aromatic carbocycles.